The quantitative estimate of drug-likeness (QED) is 0.168. The molecule has 0 aliphatic rings. The van der Waals surface area contributed by atoms with Crippen LogP contribution in [0.5, 0.6) is 0 Å². The summed E-state index contributed by atoms with van der Waals surface area (Å²) in [5, 5.41) is 9.61. The van der Waals surface area contributed by atoms with Crippen molar-refractivity contribution in [3.63, 3.8) is 0 Å². The molecule has 0 bridgehead atoms. The maximum Gasteiger partial charge on any atom is 0.167 e. The molecule has 0 atom stereocenters. The number of aromatic nitrogens is 3. The maximum atomic E-state index is 6.78. The van der Waals surface area contributed by atoms with Gasteiger partial charge in [-0.05, 0) is 67.2 Å². The Kier molecular flexibility index (Phi) is 7.14. The van der Waals surface area contributed by atoms with E-state index in [4.69, 9.17) is 19.4 Å². The standard InChI is InChI=1S/C51H31N3O/c1-3-14-32(15-4-1)37-24-12-25-43-44-26-13-27-45(48(44)55-47(37)43)51-53-49(33-16-5-2-6-17-33)52-50(54-51)36-19-11-18-34(30-36)35-28-29-42-40-22-8-7-20-38(40)39-21-9-10-23-41(39)46(42)31-35/h1-31H. The molecule has 2 aromatic heterocycles. The Bertz CT molecular complexity index is 3220. The molecule has 0 fully saturated rings. The Hall–Kier alpha value is -7.43. The fraction of sp³-hybridized carbons (Fsp3) is 0. The van der Waals surface area contributed by atoms with Crippen LogP contribution in [0.2, 0.25) is 0 Å². The Labute approximate surface area is 317 Å². The minimum Gasteiger partial charge on any atom is -0.455 e. The highest BCUT2D eigenvalue weighted by Crippen LogP contribution is 2.41. The van der Waals surface area contributed by atoms with E-state index in [1.54, 1.807) is 0 Å². The van der Waals surface area contributed by atoms with Crippen molar-refractivity contribution < 1.29 is 4.42 Å². The van der Waals surface area contributed by atoms with Crippen molar-refractivity contribution in [2.24, 2.45) is 0 Å². The molecule has 4 nitrogen and oxygen atoms in total. The molecule has 0 aliphatic carbocycles. The highest BCUT2D eigenvalue weighted by molar-refractivity contribution is 6.25. The first-order chi connectivity index (χ1) is 27.3. The minimum atomic E-state index is 0.559. The van der Waals surface area contributed by atoms with Crippen LogP contribution in [-0.4, -0.2) is 15.0 Å². The van der Waals surface area contributed by atoms with Gasteiger partial charge in [-0.3, -0.25) is 0 Å². The van der Waals surface area contributed by atoms with E-state index in [1.807, 2.05) is 42.5 Å². The summed E-state index contributed by atoms with van der Waals surface area (Å²) < 4.78 is 6.78. The summed E-state index contributed by atoms with van der Waals surface area (Å²) in [6.45, 7) is 0. The van der Waals surface area contributed by atoms with Gasteiger partial charge in [0.2, 0.25) is 0 Å². The first-order valence-corrected chi connectivity index (χ1v) is 18.5. The first-order valence-electron chi connectivity index (χ1n) is 18.5. The lowest BCUT2D eigenvalue weighted by Crippen LogP contribution is -2.00. The van der Waals surface area contributed by atoms with Gasteiger partial charge in [0.25, 0.3) is 0 Å². The number of nitrogens with zero attached hydrogens (tertiary/aromatic N) is 3. The van der Waals surface area contributed by atoms with Gasteiger partial charge >= 0.3 is 0 Å². The zero-order valence-corrected chi connectivity index (χ0v) is 29.6. The van der Waals surface area contributed by atoms with E-state index >= 15 is 0 Å². The minimum absolute atomic E-state index is 0.559. The molecule has 2 heterocycles. The summed E-state index contributed by atoms with van der Waals surface area (Å²) in [7, 11) is 0. The lowest BCUT2D eigenvalue weighted by atomic mass is 9.92. The molecule has 256 valence electrons. The van der Waals surface area contributed by atoms with E-state index in [0.29, 0.717) is 17.5 Å². The molecule has 0 saturated heterocycles. The predicted molar refractivity (Wildman–Crippen MR) is 227 cm³/mol. The normalized spacial score (nSPS) is 11.6. The van der Waals surface area contributed by atoms with Crippen LogP contribution in [0.3, 0.4) is 0 Å². The Morgan fingerprint density at radius 2 is 0.691 bits per heavy atom. The van der Waals surface area contributed by atoms with Crippen molar-refractivity contribution in [2.45, 2.75) is 0 Å². The molecule has 0 N–H and O–H groups in total. The molecular weight excluding hydrogens is 671 g/mol. The fourth-order valence-electron chi connectivity index (χ4n) is 8.11. The van der Waals surface area contributed by atoms with Gasteiger partial charge in [-0.25, -0.2) is 15.0 Å². The number of para-hydroxylation sites is 2. The van der Waals surface area contributed by atoms with Crippen molar-refractivity contribution in [1.82, 2.24) is 15.0 Å². The smallest absolute Gasteiger partial charge is 0.167 e. The summed E-state index contributed by atoms with van der Waals surface area (Å²) in [4.78, 5) is 15.3. The molecule has 0 aliphatic heterocycles. The monoisotopic (exact) mass is 701 g/mol. The van der Waals surface area contributed by atoms with Crippen LogP contribution >= 0.6 is 0 Å². The van der Waals surface area contributed by atoms with Crippen molar-refractivity contribution in [3.05, 3.63) is 188 Å². The summed E-state index contributed by atoms with van der Waals surface area (Å²) in [6.07, 6.45) is 0. The molecule has 0 amide bonds. The Balaban J connectivity index is 1.08. The average molecular weight is 702 g/mol. The molecule has 0 unspecified atom stereocenters. The highest BCUT2D eigenvalue weighted by Gasteiger charge is 2.20. The number of rotatable bonds is 5. The van der Waals surface area contributed by atoms with Gasteiger partial charge in [0, 0.05) is 27.5 Å². The highest BCUT2D eigenvalue weighted by atomic mass is 16.3. The third-order valence-electron chi connectivity index (χ3n) is 10.7. The molecule has 55 heavy (non-hydrogen) atoms. The summed E-state index contributed by atoms with van der Waals surface area (Å²) in [5.41, 5.74) is 8.62. The second kappa shape index (κ2) is 12.6. The van der Waals surface area contributed by atoms with Crippen LogP contribution < -0.4 is 0 Å². The summed E-state index contributed by atoms with van der Waals surface area (Å²) in [6, 6.07) is 65.7. The van der Waals surface area contributed by atoms with Crippen molar-refractivity contribution in [2.75, 3.05) is 0 Å². The van der Waals surface area contributed by atoms with E-state index in [0.717, 1.165) is 60.9 Å². The Morgan fingerprint density at radius 3 is 1.36 bits per heavy atom. The third-order valence-corrected chi connectivity index (χ3v) is 10.7. The number of hydrogen-bond acceptors (Lipinski definition) is 4. The van der Waals surface area contributed by atoms with Crippen LogP contribution in [0.1, 0.15) is 0 Å². The van der Waals surface area contributed by atoms with Crippen LogP contribution in [-0.2, 0) is 0 Å². The molecule has 0 spiro atoms. The average Bonchev–Trinajstić information content (AvgIpc) is 3.66. The van der Waals surface area contributed by atoms with E-state index in [-0.39, 0.29) is 0 Å². The van der Waals surface area contributed by atoms with Crippen LogP contribution in [0.15, 0.2) is 192 Å². The molecule has 4 heteroatoms. The van der Waals surface area contributed by atoms with Gasteiger partial charge in [-0.15, -0.1) is 0 Å². The van der Waals surface area contributed by atoms with E-state index in [2.05, 4.69) is 146 Å². The number of hydrogen-bond donors (Lipinski definition) is 0. The molecule has 9 aromatic carbocycles. The SMILES string of the molecule is c1ccc(-c2nc(-c3cccc(-c4ccc5c6ccccc6c6ccccc6c5c4)c3)nc(-c3cccc4c3oc3c(-c5ccccc5)cccc34)n2)cc1. The van der Waals surface area contributed by atoms with E-state index in [1.165, 1.54) is 32.3 Å². The number of fused-ring (bicyclic) bond motifs is 9. The second-order valence-electron chi connectivity index (χ2n) is 13.9. The molecule has 0 radical (unpaired) electrons. The largest absolute Gasteiger partial charge is 0.455 e. The zero-order chi connectivity index (χ0) is 36.3. The van der Waals surface area contributed by atoms with Gasteiger partial charge in [-0.1, -0.05) is 170 Å². The van der Waals surface area contributed by atoms with Gasteiger partial charge in [0.1, 0.15) is 11.2 Å². The van der Waals surface area contributed by atoms with Crippen molar-refractivity contribution in [3.8, 4) is 56.4 Å². The van der Waals surface area contributed by atoms with Gasteiger partial charge in [0.05, 0.1) is 5.56 Å². The zero-order valence-electron chi connectivity index (χ0n) is 29.6. The molecule has 11 rings (SSSR count). The van der Waals surface area contributed by atoms with E-state index < -0.39 is 0 Å². The number of benzene rings is 9. The Morgan fingerprint density at radius 1 is 0.255 bits per heavy atom. The lowest BCUT2D eigenvalue weighted by Gasteiger charge is -2.13. The van der Waals surface area contributed by atoms with Crippen LogP contribution in [0.25, 0.3) is 111 Å². The predicted octanol–water partition coefficient (Wildman–Crippen LogP) is 13.6. The van der Waals surface area contributed by atoms with Crippen LogP contribution in [0.4, 0.5) is 0 Å². The maximum absolute atomic E-state index is 6.78. The molecule has 11 aromatic rings. The summed E-state index contributed by atoms with van der Waals surface area (Å²) in [5.74, 6) is 1.76. The lowest BCUT2D eigenvalue weighted by molar-refractivity contribution is 0.670. The van der Waals surface area contributed by atoms with Gasteiger partial charge in [0.15, 0.2) is 17.5 Å². The van der Waals surface area contributed by atoms with E-state index in [9.17, 15) is 0 Å². The van der Waals surface area contributed by atoms with Crippen molar-refractivity contribution in [1.29, 1.82) is 0 Å². The van der Waals surface area contributed by atoms with Gasteiger partial charge < -0.3 is 4.42 Å². The topological polar surface area (TPSA) is 51.8 Å². The third kappa shape index (κ3) is 5.19. The van der Waals surface area contributed by atoms with Crippen molar-refractivity contribution >= 4 is 54.3 Å². The summed E-state index contributed by atoms with van der Waals surface area (Å²) >= 11 is 0. The second-order valence-corrected chi connectivity index (χ2v) is 13.9. The molecular formula is C51H31N3O. The first kappa shape index (κ1) is 31.1. The van der Waals surface area contributed by atoms with Crippen LogP contribution in [0, 0.1) is 0 Å². The van der Waals surface area contributed by atoms with Gasteiger partial charge in [-0.2, -0.15) is 0 Å². The number of furan rings is 1. The molecule has 0 saturated carbocycles. The fourth-order valence-corrected chi connectivity index (χ4v) is 8.11.